The third kappa shape index (κ3) is 4.00. The summed E-state index contributed by atoms with van der Waals surface area (Å²) in [5.41, 5.74) is 3.01. The summed E-state index contributed by atoms with van der Waals surface area (Å²) in [6.45, 7) is 4.78. The molecule has 21 heavy (non-hydrogen) atoms. The van der Waals surface area contributed by atoms with Gasteiger partial charge >= 0.3 is 0 Å². The number of rotatable bonds is 6. The summed E-state index contributed by atoms with van der Waals surface area (Å²) >= 11 is 0. The van der Waals surface area contributed by atoms with Gasteiger partial charge < -0.3 is 10.1 Å². The molecular weight excluding hydrogens is 260 g/mol. The Morgan fingerprint density at radius 1 is 1.19 bits per heavy atom. The van der Waals surface area contributed by atoms with Gasteiger partial charge in [-0.3, -0.25) is 0 Å². The van der Waals surface area contributed by atoms with Crippen LogP contribution in [0.15, 0.2) is 48.5 Å². The molecule has 1 atom stereocenters. The number of ether oxygens (including phenoxy) is 1. The molecular formula is C18H20N2O. The van der Waals surface area contributed by atoms with E-state index in [4.69, 9.17) is 4.74 Å². The zero-order chi connectivity index (χ0) is 15.1. The molecule has 1 unspecified atom stereocenters. The van der Waals surface area contributed by atoms with E-state index in [1.54, 1.807) is 0 Å². The lowest BCUT2D eigenvalue weighted by Crippen LogP contribution is -2.09. The van der Waals surface area contributed by atoms with Crippen molar-refractivity contribution in [2.45, 2.75) is 26.3 Å². The van der Waals surface area contributed by atoms with E-state index in [2.05, 4.69) is 18.3 Å². The standard InChI is InChI=1S/C18H20N2O/c1-3-11-21-16-9-6-8-15(12-16)18(13-19)20-17-10-5-4-7-14(17)2/h4-10,12,18,20H,3,11H2,1-2H3. The second kappa shape index (κ2) is 7.35. The van der Waals surface area contributed by atoms with Gasteiger partial charge in [0.15, 0.2) is 0 Å². The Balaban J connectivity index is 2.18. The summed E-state index contributed by atoms with van der Waals surface area (Å²) in [5, 5.41) is 12.7. The van der Waals surface area contributed by atoms with Crippen molar-refractivity contribution in [3.05, 3.63) is 59.7 Å². The maximum Gasteiger partial charge on any atom is 0.140 e. The van der Waals surface area contributed by atoms with Gasteiger partial charge in [-0.15, -0.1) is 0 Å². The number of nitriles is 1. The van der Waals surface area contributed by atoms with Crippen LogP contribution in [0.5, 0.6) is 5.75 Å². The molecule has 0 aliphatic rings. The maximum absolute atomic E-state index is 9.45. The predicted octanol–water partition coefficient (Wildman–Crippen LogP) is 4.46. The Morgan fingerprint density at radius 2 is 2.00 bits per heavy atom. The molecule has 3 heteroatoms. The molecule has 2 aromatic carbocycles. The van der Waals surface area contributed by atoms with Crippen LogP contribution in [0.1, 0.15) is 30.5 Å². The molecule has 0 aliphatic heterocycles. The quantitative estimate of drug-likeness (QED) is 0.849. The Hall–Kier alpha value is -2.47. The van der Waals surface area contributed by atoms with Crippen molar-refractivity contribution in [3.63, 3.8) is 0 Å². The fourth-order valence-corrected chi connectivity index (χ4v) is 2.08. The van der Waals surface area contributed by atoms with Crippen LogP contribution in [0.4, 0.5) is 5.69 Å². The molecule has 0 saturated heterocycles. The summed E-state index contributed by atoms with van der Waals surface area (Å²) in [4.78, 5) is 0. The number of benzene rings is 2. The van der Waals surface area contributed by atoms with E-state index in [0.717, 1.165) is 29.0 Å². The molecule has 0 heterocycles. The van der Waals surface area contributed by atoms with Crippen LogP contribution in [0, 0.1) is 18.3 Å². The lowest BCUT2D eigenvalue weighted by Gasteiger charge is -2.16. The number of nitrogens with one attached hydrogen (secondary N) is 1. The lowest BCUT2D eigenvalue weighted by molar-refractivity contribution is 0.317. The van der Waals surface area contributed by atoms with Crippen molar-refractivity contribution in [1.82, 2.24) is 0 Å². The first-order chi connectivity index (χ1) is 10.2. The molecule has 2 rings (SSSR count). The van der Waals surface area contributed by atoms with Crippen molar-refractivity contribution < 1.29 is 4.74 Å². The van der Waals surface area contributed by atoms with Gasteiger partial charge in [0, 0.05) is 5.69 Å². The van der Waals surface area contributed by atoms with Gasteiger partial charge in [-0.05, 0) is 42.7 Å². The van der Waals surface area contributed by atoms with E-state index in [-0.39, 0.29) is 0 Å². The second-order valence-electron chi connectivity index (χ2n) is 4.94. The van der Waals surface area contributed by atoms with Crippen molar-refractivity contribution >= 4 is 5.69 Å². The van der Waals surface area contributed by atoms with Gasteiger partial charge in [-0.2, -0.15) is 5.26 Å². The number of hydrogen-bond donors (Lipinski definition) is 1. The largest absolute Gasteiger partial charge is 0.494 e. The molecule has 0 aliphatic carbocycles. The fraction of sp³-hybridized carbons (Fsp3) is 0.278. The Bertz CT molecular complexity index is 631. The van der Waals surface area contributed by atoms with Crippen LogP contribution < -0.4 is 10.1 Å². The minimum atomic E-state index is -0.392. The molecule has 108 valence electrons. The highest BCUT2D eigenvalue weighted by Crippen LogP contribution is 2.24. The summed E-state index contributed by atoms with van der Waals surface area (Å²) in [6, 6.07) is 17.6. The maximum atomic E-state index is 9.45. The molecule has 0 bridgehead atoms. The number of anilines is 1. The van der Waals surface area contributed by atoms with E-state index in [0.29, 0.717) is 6.61 Å². The monoisotopic (exact) mass is 280 g/mol. The van der Waals surface area contributed by atoms with E-state index in [9.17, 15) is 5.26 Å². The average molecular weight is 280 g/mol. The Kier molecular flexibility index (Phi) is 5.22. The van der Waals surface area contributed by atoms with E-state index >= 15 is 0 Å². The highest BCUT2D eigenvalue weighted by atomic mass is 16.5. The SMILES string of the molecule is CCCOc1cccc(C(C#N)Nc2ccccc2C)c1. The number of para-hydroxylation sites is 1. The molecule has 0 aromatic heterocycles. The summed E-state index contributed by atoms with van der Waals surface area (Å²) in [5.74, 6) is 0.807. The van der Waals surface area contributed by atoms with E-state index in [1.807, 2.05) is 55.5 Å². The molecule has 1 N–H and O–H groups in total. The predicted molar refractivity (Wildman–Crippen MR) is 85.4 cm³/mol. The van der Waals surface area contributed by atoms with Crippen molar-refractivity contribution in [1.29, 1.82) is 5.26 Å². The minimum absolute atomic E-state index is 0.392. The minimum Gasteiger partial charge on any atom is -0.494 e. The van der Waals surface area contributed by atoms with Gasteiger partial charge in [0.2, 0.25) is 0 Å². The first-order valence-corrected chi connectivity index (χ1v) is 7.19. The summed E-state index contributed by atoms with van der Waals surface area (Å²) in [7, 11) is 0. The Labute approximate surface area is 126 Å². The van der Waals surface area contributed by atoms with Crippen molar-refractivity contribution in [2.75, 3.05) is 11.9 Å². The third-order valence-corrected chi connectivity index (χ3v) is 3.24. The Morgan fingerprint density at radius 3 is 2.71 bits per heavy atom. The van der Waals surface area contributed by atoms with Crippen LogP contribution >= 0.6 is 0 Å². The molecule has 2 aromatic rings. The first kappa shape index (κ1) is 14.9. The van der Waals surface area contributed by atoms with Crippen LogP contribution in [0.3, 0.4) is 0 Å². The number of nitrogens with zero attached hydrogens (tertiary/aromatic N) is 1. The average Bonchev–Trinajstić information content (AvgIpc) is 2.52. The van der Waals surface area contributed by atoms with Crippen molar-refractivity contribution in [2.24, 2.45) is 0 Å². The second-order valence-corrected chi connectivity index (χ2v) is 4.94. The van der Waals surface area contributed by atoms with E-state index < -0.39 is 6.04 Å². The van der Waals surface area contributed by atoms with Crippen molar-refractivity contribution in [3.8, 4) is 11.8 Å². The van der Waals surface area contributed by atoms with Gasteiger partial charge in [-0.25, -0.2) is 0 Å². The summed E-state index contributed by atoms with van der Waals surface area (Å²) in [6.07, 6.45) is 0.966. The number of aryl methyl sites for hydroxylation is 1. The van der Waals surface area contributed by atoms with E-state index in [1.165, 1.54) is 0 Å². The zero-order valence-corrected chi connectivity index (χ0v) is 12.5. The normalized spacial score (nSPS) is 11.5. The smallest absolute Gasteiger partial charge is 0.140 e. The topological polar surface area (TPSA) is 45.0 Å². The van der Waals surface area contributed by atoms with Crippen LogP contribution in [-0.4, -0.2) is 6.61 Å². The molecule has 0 radical (unpaired) electrons. The molecule has 3 nitrogen and oxygen atoms in total. The highest BCUT2D eigenvalue weighted by Gasteiger charge is 2.12. The first-order valence-electron chi connectivity index (χ1n) is 7.19. The highest BCUT2D eigenvalue weighted by molar-refractivity contribution is 5.53. The fourth-order valence-electron chi connectivity index (χ4n) is 2.08. The van der Waals surface area contributed by atoms with Gasteiger partial charge in [0.05, 0.1) is 12.7 Å². The molecule has 0 spiro atoms. The van der Waals surface area contributed by atoms with Crippen LogP contribution in [-0.2, 0) is 0 Å². The van der Waals surface area contributed by atoms with Crippen LogP contribution in [0.25, 0.3) is 0 Å². The molecule has 0 fully saturated rings. The van der Waals surface area contributed by atoms with Gasteiger partial charge in [-0.1, -0.05) is 37.3 Å². The number of hydrogen-bond acceptors (Lipinski definition) is 3. The summed E-state index contributed by atoms with van der Waals surface area (Å²) < 4.78 is 5.63. The van der Waals surface area contributed by atoms with Crippen LogP contribution in [0.2, 0.25) is 0 Å². The lowest BCUT2D eigenvalue weighted by atomic mass is 10.1. The van der Waals surface area contributed by atoms with Gasteiger partial charge in [0.25, 0.3) is 0 Å². The zero-order valence-electron chi connectivity index (χ0n) is 12.5. The third-order valence-electron chi connectivity index (χ3n) is 3.24. The molecule has 0 saturated carbocycles. The van der Waals surface area contributed by atoms with Gasteiger partial charge in [0.1, 0.15) is 11.8 Å². The molecule has 0 amide bonds.